The third kappa shape index (κ3) is 2.58. The average Bonchev–Trinajstić information content (AvgIpc) is 2.38. The molecule has 1 aromatic carbocycles. The molecule has 19 heavy (non-hydrogen) atoms. The van der Waals surface area contributed by atoms with Gasteiger partial charge in [-0.1, -0.05) is 23.7 Å². The van der Waals surface area contributed by atoms with Gasteiger partial charge in [-0.15, -0.1) is 0 Å². The van der Waals surface area contributed by atoms with Gasteiger partial charge in [-0.05, 0) is 6.92 Å². The fourth-order valence-corrected chi connectivity index (χ4v) is 1.89. The molecule has 0 N–H and O–H groups in total. The summed E-state index contributed by atoms with van der Waals surface area (Å²) in [6.07, 6.45) is 0.538. The maximum absolute atomic E-state index is 11.1. The van der Waals surface area contributed by atoms with Crippen LogP contribution in [0.5, 0.6) is 0 Å². The Hall–Kier alpha value is -2.34. The van der Waals surface area contributed by atoms with Crippen LogP contribution < -0.4 is 0 Å². The summed E-state index contributed by atoms with van der Waals surface area (Å²) in [6, 6.07) is 5.84. The summed E-state index contributed by atoms with van der Waals surface area (Å²) in [5.41, 5.74) is 0.773. The lowest BCUT2D eigenvalue weighted by Gasteiger charge is -2.06. The second-order valence-electron chi connectivity index (χ2n) is 3.75. The van der Waals surface area contributed by atoms with Crippen LogP contribution in [0.3, 0.4) is 0 Å². The Kier molecular flexibility index (Phi) is 3.52. The molecule has 0 saturated heterocycles. The van der Waals surface area contributed by atoms with E-state index in [9.17, 15) is 14.9 Å². The van der Waals surface area contributed by atoms with Gasteiger partial charge in [0.25, 0.3) is 5.69 Å². The molecule has 0 aliphatic heterocycles. The van der Waals surface area contributed by atoms with Crippen molar-refractivity contribution in [2.45, 2.75) is 6.92 Å². The van der Waals surface area contributed by atoms with E-state index >= 15 is 0 Å². The number of nitro benzene ring substituents is 1. The summed E-state index contributed by atoms with van der Waals surface area (Å²) < 4.78 is 0. The van der Waals surface area contributed by atoms with Crippen molar-refractivity contribution in [3.05, 3.63) is 50.9 Å². The van der Waals surface area contributed by atoms with Gasteiger partial charge < -0.3 is 0 Å². The van der Waals surface area contributed by atoms with Crippen LogP contribution in [0.2, 0.25) is 5.15 Å². The van der Waals surface area contributed by atoms with Gasteiger partial charge in [-0.3, -0.25) is 14.9 Å². The van der Waals surface area contributed by atoms with Crippen LogP contribution in [-0.2, 0) is 0 Å². The van der Waals surface area contributed by atoms with Crippen LogP contribution in [0.4, 0.5) is 5.69 Å². The smallest absolute Gasteiger partial charge is 0.270 e. The van der Waals surface area contributed by atoms with E-state index in [1.165, 1.54) is 18.2 Å². The van der Waals surface area contributed by atoms with Crippen LogP contribution in [0.1, 0.15) is 16.2 Å². The van der Waals surface area contributed by atoms with E-state index in [1.807, 2.05) is 0 Å². The molecule has 2 aromatic rings. The van der Waals surface area contributed by atoms with E-state index in [1.54, 1.807) is 13.0 Å². The Bertz CT molecular complexity index is 673. The molecule has 1 heterocycles. The van der Waals surface area contributed by atoms with Crippen LogP contribution in [0.25, 0.3) is 11.3 Å². The predicted molar refractivity (Wildman–Crippen MR) is 69.3 cm³/mol. The van der Waals surface area contributed by atoms with Crippen molar-refractivity contribution >= 4 is 23.6 Å². The summed E-state index contributed by atoms with van der Waals surface area (Å²) in [5, 5.41) is 10.8. The number of aromatic nitrogens is 2. The third-order valence-electron chi connectivity index (χ3n) is 2.46. The Morgan fingerprint density at radius 3 is 2.74 bits per heavy atom. The first kappa shape index (κ1) is 13.1. The Labute approximate surface area is 113 Å². The molecule has 0 amide bonds. The highest BCUT2D eigenvalue weighted by atomic mass is 35.5. The van der Waals surface area contributed by atoms with E-state index in [0.717, 1.165) is 0 Å². The number of hydrogen-bond donors (Lipinski definition) is 0. The molecular weight excluding hydrogens is 270 g/mol. The number of aryl methyl sites for hydroxylation is 1. The van der Waals surface area contributed by atoms with Crippen molar-refractivity contribution in [2.75, 3.05) is 0 Å². The molecule has 0 saturated carbocycles. The van der Waals surface area contributed by atoms with Gasteiger partial charge in [0, 0.05) is 17.7 Å². The third-order valence-corrected chi connectivity index (χ3v) is 2.75. The first-order valence-electron chi connectivity index (χ1n) is 5.27. The average molecular weight is 278 g/mol. The zero-order valence-electron chi connectivity index (χ0n) is 9.83. The molecule has 0 atom stereocenters. The summed E-state index contributed by atoms with van der Waals surface area (Å²) in [5.74, 6) is 0.386. The van der Waals surface area contributed by atoms with Crippen LogP contribution in [0.15, 0.2) is 24.3 Å². The molecule has 1 aromatic heterocycles. The zero-order valence-corrected chi connectivity index (χ0v) is 10.6. The molecule has 0 fully saturated rings. The number of halogens is 1. The number of non-ortho nitro benzene ring substituents is 1. The number of aldehydes is 1. The van der Waals surface area contributed by atoms with E-state index in [0.29, 0.717) is 17.7 Å². The van der Waals surface area contributed by atoms with E-state index in [4.69, 9.17) is 11.6 Å². The summed E-state index contributed by atoms with van der Waals surface area (Å²) in [6.45, 7) is 1.63. The monoisotopic (exact) mass is 277 g/mol. The summed E-state index contributed by atoms with van der Waals surface area (Å²) >= 11 is 5.87. The number of benzene rings is 1. The molecule has 0 radical (unpaired) electrons. The normalized spacial score (nSPS) is 10.2. The van der Waals surface area contributed by atoms with E-state index in [-0.39, 0.29) is 22.1 Å². The second-order valence-corrected chi connectivity index (χ2v) is 4.11. The highest BCUT2D eigenvalue weighted by Crippen LogP contribution is 2.27. The van der Waals surface area contributed by atoms with Gasteiger partial charge in [-0.25, -0.2) is 9.97 Å². The summed E-state index contributed by atoms with van der Waals surface area (Å²) in [4.78, 5) is 29.3. The summed E-state index contributed by atoms with van der Waals surface area (Å²) in [7, 11) is 0. The Morgan fingerprint density at radius 2 is 2.11 bits per heavy atom. The minimum Gasteiger partial charge on any atom is -0.298 e. The zero-order chi connectivity index (χ0) is 14.0. The maximum atomic E-state index is 11.1. The minimum absolute atomic E-state index is 0.0315. The number of nitrogens with zero attached hydrogens (tertiary/aromatic N) is 3. The number of nitro groups is 1. The van der Waals surface area contributed by atoms with Crippen molar-refractivity contribution in [3.63, 3.8) is 0 Å². The van der Waals surface area contributed by atoms with Crippen molar-refractivity contribution < 1.29 is 9.72 Å². The molecule has 96 valence electrons. The molecule has 2 rings (SSSR count). The number of carbonyl (C=O) groups excluding carboxylic acids is 1. The molecule has 0 spiro atoms. The maximum Gasteiger partial charge on any atom is 0.270 e. The predicted octanol–water partition coefficient (Wildman–Crippen LogP) is 2.83. The number of rotatable bonds is 3. The van der Waals surface area contributed by atoms with Crippen molar-refractivity contribution in [1.82, 2.24) is 9.97 Å². The van der Waals surface area contributed by atoms with Crippen LogP contribution in [0, 0.1) is 17.0 Å². The Balaban J connectivity index is 2.67. The van der Waals surface area contributed by atoms with Gasteiger partial charge in [0.2, 0.25) is 0 Å². The largest absolute Gasteiger partial charge is 0.298 e. The molecule has 7 heteroatoms. The molecule has 0 unspecified atom stereocenters. The molecule has 0 aliphatic rings. The first-order valence-corrected chi connectivity index (χ1v) is 5.65. The van der Waals surface area contributed by atoms with E-state index < -0.39 is 4.92 Å². The molecular formula is C12H8ClN3O3. The van der Waals surface area contributed by atoms with Crippen LogP contribution in [-0.4, -0.2) is 21.2 Å². The standard InChI is InChI=1S/C12H8ClN3O3/c1-7-14-11(10(6-17)12(13)15-7)8-3-2-4-9(5-8)16(18)19/h2-6H,1H3. The van der Waals surface area contributed by atoms with Crippen LogP contribution >= 0.6 is 11.6 Å². The molecule has 0 bridgehead atoms. The van der Waals surface area contributed by atoms with Gasteiger partial charge in [0.1, 0.15) is 11.0 Å². The van der Waals surface area contributed by atoms with Crippen molar-refractivity contribution in [1.29, 1.82) is 0 Å². The fraction of sp³-hybridized carbons (Fsp3) is 0.0833. The highest BCUT2D eigenvalue weighted by molar-refractivity contribution is 6.32. The lowest BCUT2D eigenvalue weighted by molar-refractivity contribution is -0.384. The van der Waals surface area contributed by atoms with Gasteiger partial charge >= 0.3 is 0 Å². The second kappa shape index (κ2) is 5.11. The van der Waals surface area contributed by atoms with Crippen molar-refractivity contribution in [2.24, 2.45) is 0 Å². The number of carbonyl (C=O) groups is 1. The Morgan fingerprint density at radius 1 is 1.37 bits per heavy atom. The van der Waals surface area contributed by atoms with Gasteiger partial charge in [0.15, 0.2) is 6.29 Å². The van der Waals surface area contributed by atoms with Gasteiger partial charge in [-0.2, -0.15) is 0 Å². The number of hydrogen-bond acceptors (Lipinski definition) is 5. The lowest BCUT2D eigenvalue weighted by Crippen LogP contribution is -1.99. The molecule has 0 aliphatic carbocycles. The molecule has 6 nitrogen and oxygen atoms in total. The van der Waals surface area contributed by atoms with E-state index in [2.05, 4.69) is 9.97 Å². The minimum atomic E-state index is -0.514. The topological polar surface area (TPSA) is 86.0 Å². The quantitative estimate of drug-likeness (QED) is 0.373. The van der Waals surface area contributed by atoms with Crippen molar-refractivity contribution in [3.8, 4) is 11.3 Å². The SMILES string of the molecule is Cc1nc(Cl)c(C=O)c(-c2cccc([N+](=O)[O-])c2)n1. The lowest BCUT2D eigenvalue weighted by atomic mass is 10.1. The highest BCUT2D eigenvalue weighted by Gasteiger charge is 2.15. The first-order chi connectivity index (χ1) is 9.02. The fourth-order valence-electron chi connectivity index (χ4n) is 1.64. The van der Waals surface area contributed by atoms with Gasteiger partial charge in [0.05, 0.1) is 16.2 Å².